The summed E-state index contributed by atoms with van der Waals surface area (Å²) in [5.41, 5.74) is 1.97. The quantitative estimate of drug-likeness (QED) is 0.399. The first-order chi connectivity index (χ1) is 10.6. The summed E-state index contributed by atoms with van der Waals surface area (Å²) < 4.78 is 0. The Morgan fingerprint density at radius 2 is 2.00 bits per heavy atom. The lowest BCUT2D eigenvalue weighted by atomic mass is 10.0. The third-order valence-corrected chi connectivity index (χ3v) is 3.58. The summed E-state index contributed by atoms with van der Waals surface area (Å²) in [7, 11) is 0. The maximum absolute atomic E-state index is 11.7. The molecule has 1 amide bonds. The molecule has 2 aromatic carbocycles. The van der Waals surface area contributed by atoms with Crippen molar-refractivity contribution in [1.82, 2.24) is 0 Å². The average Bonchev–Trinajstić information content (AvgIpc) is 2.65. The van der Waals surface area contributed by atoms with Crippen LogP contribution in [0, 0.1) is 10.1 Å². The highest BCUT2D eigenvalue weighted by atomic mass is 35.5. The number of fused-ring (bicyclic) bond motifs is 1. The fourth-order valence-corrected chi connectivity index (χ4v) is 2.49. The predicted octanol–water partition coefficient (Wildman–Crippen LogP) is 3.28. The van der Waals surface area contributed by atoms with E-state index in [1.165, 1.54) is 18.2 Å². The molecule has 1 aliphatic rings. The Morgan fingerprint density at radius 3 is 2.73 bits per heavy atom. The molecule has 0 aromatic heterocycles. The highest BCUT2D eigenvalue weighted by molar-refractivity contribution is 6.36. The second kappa shape index (κ2) is 5.57. The van der Waals surface area contributed by atoms with Crippen molar-refractivity contribution in [3.63, 3.8) is 0 Å². The van der Waals surface area contributed by atoms with Crippen LogP contribution in [0.5, 0.6) is 0 Å². The number of hydrogen-bond donors (Lipinski definition) is 1. The number of carbonyl (C=O) groups is 1. The van der Waals surface area contributed by atoms with Crippen LogP contribution in [0.1, 0.15) is 12.6 Å². The minimum absolute atomic E-state index is 0. The topological polar surface area (TPSA) is 84.6 Å². The van der Waals surface area contributed by atoms with Crippen LogP contribution >= 0.6 is 11.6 Å². The van der Waals surface area contributed by atoms with Gasteiger partial charge in [0.05, 0.1) is 16.3 Å². The largest absolute Gasteiger partial charge is 0.324 e. The fraction of sp³-hybridized carbons (Fsp3) is 0.0667. The maximum atomic E-state index is 11.7. The number of hydrogen-bond acceptors (Lipinski definition) is 4. The van der Waals surface area contributed by atoms with Crippen LogP contribution < -0.4 is 5.32 Å². The number of nitrogens with zero attached hydrogens (tertiary/aromatic N) is 2. The Hall–Kier alpha value is -2.73. The molecule has 112 valence electrons. The van der Waals surface area contributed by atoms with Gasteiger partial charge in [-0.1, -0.05) is 29.8 Å². The third-order valence-electron chi connectivity index (χ3n) is 3.25. The monoisotopic (exact) mass is 320 g/mol. The van der Waals surface area contributed by atoms with Gasteiger partial charge < -0.3 is 5.32 Å². The third kappa shape index (κ3) is 2.56. The van der Waals surface area contributed by atoms with Crippen molar-refractivity contribution in [3.05, 3.63) is 68.7 Å². The summed E-state index contributed by atoms with van der Waals surface area (Å²) >= 11 is 6.20. The van der Waals surface area contributed by atoms with Crippen LogP contribution in [0.25, 0.3) is 0 Å². The van der Waals surface area contributed by atoms with Crippen molar-refractivity contribution in [2.24, 2.45) is 4.99 Å². The number of anilines is 1. The van der Waals surface area contributed by atoms with Crippen molar-refractivity contribution in [2.75, 3.05) is 11.9 Å². The number of non-ortho nitro benzene ring substituents is 1. The average molecular weight is 321 g/mol. The number of rotatable bonds is 2. The molecule has 0 saturated heterocycles. The molecule has 0 atom stereocenters. The van der Waals surface area contributed by atoms with Gasteiger partial charge in [-0.25, -0.2) is 0 Å². The molecule has 22 heavy (non-hydrogen) atoms. The van der Waals surface area contributed by atoms with Crippen molar-refractivity contribution < 1.29 is 11.1 Å². The van der Waals surface area contributed by atoms with E-state index in [9.17, 15) is 14.9 Å². The smallest absolute Gasteiger partial charge is 0.270 e. The van der Waals surface area contributed by atoms with Gasteiger partial charge in [0.1, 0.15) is 6.54 Å². The molecule has 2 aromatic rings. The first-order valence-corrected chi connectivity index (χ1v) is 6.82. The molecule has 0 spiro atoms. The van der Waals surface area contributed by atoms with Crippen LogP contribution in [-0.4, -0.2) is 23.1 Å². The first kappa shape index (κ1) is 14.2. The summed E-state index contributed by atoms with van der Waals surface area (Å²) in [5, 5.41) is 14.2. The van der Waals surface area contributed by atoms with Crippen molar-refractivity contribution in [1.29, 1.82) is 0 Å². The molecular weight excluding hydrogens is 309 g/mol. The van der Waals surface area contributed by atoms with Gasteiger partial charge in [-0.3, -0.25) is 19.9 Å². The summed E-state index contributed by atoms with van der Waals surface area (Å²) in [6.07, 6.45) is 0. The van der Waals surface area contributed by atoms with Gasteiger partial charge in [-0.2, -0.15) is 0 Å². The Labute approximate surface area is 132 Å². The van der Waals surface area contributed by atoms with E-state index in [1.807, 2.05) is 0 Å². The van der Waals surface area contributed by atoms with E-state index >= 15 is 0 Å². The number of aliphatic imine (C=N–C) groups is 1. The highest BCUT2D eigenvalue weighted by Crippen LogP contribution is 2.29. The molecule has 0 saturated carbocycles. The summed E-state index contributed by atoms with van der Waals surface area (Å²) in [5.74, 6) is -0.280. The summed E-state index contributed by atoms with van der Waals surface area (Å²) in [4.78, 5) is 26.5. The molecule has 1 heterocycles. The second-order valence-electron chi connectivity index (χ2n) is 4.68. The Bertz CT molecular complexity index is 823. The van der Waals surface area contributed by atoms with Gasteiger partial charge >= 0.3 is 0 Å². The van der Waals surface area contributed by atoms with Crippen LogP contribution in [-0.2, 0) is 4.79 Å². The standard InChI is InChI=1S/C15H10ClN3O3.H2/c16-12-4-2-1-3-10(12)15-11-7-9(19(21)22)5-6-13(11)18-14(20)8-17-15;/h1-7H,8H2,(H,18,20);1H/i8+1,14+1,17+1;. The molecule has 0 fully saturated rings. The highest BCUT2D eigenvalue weighted by Gasteiger charge is 2.22. The molecule has 0 radical (unpaired) electrons. The zero-order valence-electron chi connectivity index (χ0n) is 11.2. The number of benzodiazepines with no additional fused rings is 1. The van der Waals surface area contributed by atoms with Crippen LogP contribution in [0.4, 0.5) is 11.4 Å². The van der Waals surface area contributed by atoms with E-state index in [2.05, 4.69) is 10.3 Å². The zero-order valence-corrected chi connectivity index (χ0v) is 12.0. The van der Waals surface area contributed by atoms with Crippen molar-refractivity contribution >= 4 is 34.6 Å². The number of nitro groups is 1. The zero-order chi connectivity index (χ0) is 15.7. The molecule has 1 aliphatic heterocycles. The number of carbonyl (C=O) groups excluding carboxylic acids is 1. The predicted molar refractivity (Wildman–Crippen MR) is 85.8 cm³/mol. The Balaban J connectivity index is 0.00000192. The van der Waals surface area contributed by atoms with E-state index < -0.39 is 4.92 Å². The van der Waals surface area contributed by atoms with E-state index in [0.717, 1.165) is 0 Å². The number of nitro benzene ring substituents is 1. The van der Waals surface area contributed by atoms with Crippen LogP contribution in [0.3, 0.4) is 0 Å². The minimum atomic E-state index is -0.489. The molecule has 3 rings (SSSR count). The van der Waals surface area contributed by atoms with E-state index in [-0.39, 0.29) is 19.6 Å². The van der Waals surface area contributed by atoms with E-state index in [0.29, 0.717) is 27.5 Å². The number of benzene rings is 2. The van der Waals surface area contributed by atoms with Gasteiger partial charge in [-0.05, 0) is 12.1 Å². The van der Waals surface area contributed by atoms with Crippen LogP contribution in [0.2, 0.25) is 5.02 Å². The Morgan fingerprint density at radius 1 is 1.23 bits per heavy atom. The molecule has 6 nitrogen and oxygen atoms in total. The normalized spacial score (nSPS) is 13.7. The molecular formula is C15H12ClN3O3. The van der Waals surface area contributed by atoms with Crippen molar-refractivity contribution in [3.8, 4) is 0 Å². The van der Waals surface area contributed by atoms with Gasteiger partial charge in [0.2, 0.25) is 5.91 Å². The lowest BCUT2D eigenvalue weighted by Crippen LogP contribution is -2.13. The molecule has 0 bridgehead atoms. The summed E-state index contributed by atoms with van der Waals surface area (Å²) in [6, 6.07) is 11.3. The first-order valence-electron chi connectivity index (χ1n) is 6.44. The number of amides is 1. The molecule has 1 N–H and O–H groups in total. The van der Waals surface area contributed by atoms with Crippen LogP contribution in [0.15, 0.2) is 47.5 Å². The van der Waals surface area contributed by atoms with Gasteiger partial charge in [-0.15, -0.1) is 0 Å². The molecule has 7 heteroatoms. The molecule has 0 aliphatic carbocycles. The number of nitrogens with one attached hydrogen (secondary N) is 1. The lowest BCUT2D eigenvalue weighted by Gasteiger charge is -2.11. The van der Waals surface area contributed by atoms with E-state index in [1.54, 1.807) is 24.3 Å². The lowest BCUT2D eigenvalue weighted by molar-refractivity contribution is -0.384. The Kier molecular flexibility index (Phi) is 3.60. The van der Waals surface area contributed by atoms with Gasteiger partial charge in [0.25, 0.3) is 5.69 Å². The maximum Gasteiger partial charge on any atom is 0.270 e. The SMILES string of the molecule is O=[13C]1[13CH2][15N]=C(c2ccccc2Cl)c2cc([N+](=O)[O-])ccc2N1.[HH]. The molecule has 0 unspecified atom stereocenters. The minimum Gasteiger partial charge on any atom is -0.324 e. The van der Waals surface area contributed by atoms with Gasteiger partial charge in [0, 0.05) is 29.7 Å². The van der Waals surface area contributed by atoms with E-state index in [4.69, 9.17) is 11.6 Å². The summed E-state index contributed by atoms with van der Waals surface area (Å²) in [6.45, 7) is -0.0664. The fourth-order valence-electron chi connectivity index (χ4n) is 2.26. The van der Waals surface area contributed by atoms with Crippen molar-refractivity contribution in [2.45, 2.75) is 0 Å². The van der Waals surface area contributed by atoms with Gasteiger partial charge in [0.15, 0.2) is 0 Å². The second-order valence-corrected chi connectivity index (χ2v) is 5.09. The number of halogens is 1.